The number of hydrogen-bond donors (Lipinski definition) is 2. The van der Waals surface area contributed by atoms with Crippen LogP contribution in [0, 0.1) is 5.92 Å². The van der Waals surface area contributed by atoms with Crippen LogP contribution in [-0.2, 0) is 16.1 Å². The molecule has 2 aliphatic rings. The number of nitrogens with zero attached hydrogens (tertiary/aromatic N) is 3. The van der Waals surface area contributed by atoms with Gasteiger partial charge in [-0.15, -0.1) is 0 Å². The monoisotopic (exact) mass is 360 g/mol. The molecule has 1 aromatic rings. The van der Waals surface area contributed by atoms with Crippen molar-refractivity contribution in [3.05, 3.63) is 30.1 Å². The van der Waals surface area contributed by atoms with Gasteiger partial charge < -0.3 is 15.3 Å². The van der Waals surface area contributed by atoms with Gasteiger partial charge in [-0.1, -0.05) is 6.07 Å². The quantitative estimate of drug-likeness (QED) is 0.794. The van der Waals surface area contributed by atoms with Gasteiger partial charge in [-0.3, -0.25) is 19.5 Å². The average Bonchev–Trinajstić information content (AvgIpc) is 2.72. The first-order valence-corrected chi connectivity index (χ1v) is 9.47. The minimum Gasteiger partial charge on any atom is -0.387 e. The summed E-state index contributed by atoms with van der Waals surface area (Å²) in [6, 6.07) is 6.12. The van der Waals surface area contributed by atoms with E-state index in [4.69, 9.17) is 5.11 Å². The van der Waals surface area contributed by atoms with Gasteiger partial charge in [0.1, 0.15) is 6.61 Å². The molecule has 7 nitrogen and oxygen atoms in total. The minimum absolute atomic E-state index is 0.0181. The Morgan fingerprint density at radius 2 is 2.00 bits per heavy atom. The van der Waals surface area contributed by atoms with E-state index < -0.39 is 6.61 Å². The smallest absolute Gasteiger partial charge is 0.248 e. The van der Waals surface area contributed by atoms with E-state index in [9.17, 15) is 9.59 Å². The third-order valence-corrected chi connectivity index (χ3v) is 5.46. The van der Waals surface area contributed by atoms with E-state index in [2.05, 4.69) is 15.2 Å². The Kier molecular flexibility index (Phi) is 6.57. The molecule has 1 atom stereocenters. The van der Waals surface area contributed by atoms with E-state index in [0.29, 0.717) is 25.7 Å². The Balaban J connectivity index is 1.46. The van der Waals surface area contributed by atoms with Gasteiger partial charge in [0, 0.05) is 31.9 Å². The molecule has 2 aliphatic heterocycles. The fourth-order valence-corrected chi connectivity index (χ4v) is 3.96. The van der Waals surface area contributed by atoms with Crippen molar-refractivity contribution in [3.8, 4) is 0 Å². The summed E-state index contributed by atoms with van der Waals surface area (Å²) in [6.45, 7) is 3.24. The Bertz CT molecular complexity index is 602. The first-order chi connectivity index (χ1) is 12.7. The molecule has 3 rings (SSSR count). The first-order valence-electron chi connectivity index (χ1n) is 9.47. The number of carbonyl (C=O) groups is 2. The van der Waals surface area contributed by atoms with Crippen LogP contribution >= 0.6 is 0 Å². The molecule has 0 spiro atoms. The number of piperidine rings is 2. The number of aromatic nitrogens is 1. The summed E-state index contributed by atoms with van der Waals surface area (Å²) in [6.07, 6.45) is 5.50. The van der Waals surface area contributed by atoms with Crippen molar-refractivity contribution in [2.24, 2.45) is 5.92 Å². The molecule has 2 amide bonds. The van der Waals surface area contributed by atoms with Crippen LogP contribution in [0.2, 0.25) is 0 Å². The number of amides is 2. The maximum Gasteiger partial charge on any atom is 0.248 e. The fourth-order valence-electron chi connectivity index (χ4n) is 3.96. The van der Waals surface area contributed by atoms with Crippen molar-refractivity contribution in [2.75, 3.05) is 32.8 Å². The van der Waals surface area contributed by atoms with Crippen molar-refractivity contribution in [3.63, 3.8) is 0 Å². The SMILES string of the molecule is O=C(NCc1ccccn1)C1CCCN(C2CCN(C(=O)CO)CC2)C1. The van der Waals surface area contributed by atoms with E-state index in [1.54, 1.807) is 11.1 Å². The number of carbonyl (C=O) groups excluding carboxylic acids is 2. The fraction of sp³-hybridized carbons (Fsp3) is 0.632. The lowest BCUT2D eigenvalue weighted by Gasteiger charge is -2.42. The molecular formula is C19H28N4O3. The van der Waals surface area contributed by atoms with Crippen LogP contribution in [0.1, 0.15) is 31.4 Å². The maximum atomic E-state index is 12.5. The topological polar surface area (TPSA) is 85.8 Å². The number of likely N-dealkylation sites (tertiary alicyclic amines) is 2. The maximum absolute atomic E-state index is 12.5. The summed E-state index contributed by atoms with van der Waals surface area (Å²) < 4.78 is 0. The van der Waals surface area contributed by atoms with Crippen LogP contribution in [-0.4, -0.2) is 70.5 Å². The third-order valence-electron chi connectivity index (χ3n) is 5.46. The summed E-state index contributed by atoms with van der Waals surface area (Å²) in [5, 5.41) is 12.0. The number of pyridine rings is 1. The normalized spacial score (nSPS) is 22.2. The summed E-state index contributed by atoms with van der Waals surface area (Å²) in [4.78, 5) is 32.5. The highest BCUT2D eigenvalue weighted by atomic mass is 16.3. The van der Waals surface area contributed by atoms with Gasteiger partial charge in [-0.05, 0) is 44.4 Å². The lowest BCUT2D eigenvalue weighted by atomic mass is 9.93. The van der Waals surface area contributed by atoms with Crippen molar-refractivity contribution >= 4 is 11.8 Å². The molecule has 1 aromatic heterocycles. The van der Waals surface area contributed by atoms with E-state index in [1.807, 2.05) is 18.2 Å². The Hall–Kier alpha value is -1.99. The predicted molar refractivity (Wildman–Crippen MR) is 97.1 cm³/mol. The van der Waals surface area contributed by atoms with Crippen LogP contribution in [0.4, 0.5) is 0 Å². The second-order valence-electron chi connectivity index (χ2n) is 7.14. The van der Waals surface area contributed by atoms with Crippen LogP contribution < -0.4 is 5.32 Å². The molecule has 0 aromatic carbocycles. The standard InChI is InChI=1S/C19H28N4O3/c24-14-18(25)22-10-6-17(7-11-22)23-9-3-4-15(13-23)19(26)21-12-16-5-1-2-8-20-16/h1-2,5,8,15,17,24H,3-4,6-7,9-14H2,(H,21,26). The van der Waals surface area contributed by atoms with Crippen LogP contribution in [0.5, 0.6) is 0 Å². The van der Waals surface area contributed by atoms with Crippen molar-refractivity contribution in [1.29, 1.82) is 0 Å². The highest BCUT2D eigenvalue weighted by Crippen LogP contribution is 2.24. The molecule has 142 valence electrons. The molecule has 7 heteroatoms. The Morgan fingerprint density at radius 3 is 2.69 bits per heavy atom. The van der Waals surface area contributed by atoms with Crippen LogP contribution in [0.3, 0.4) is 0 Å². The summed E-state index contributed by atoms with van der Waals surface area (Å²) in [5.41, 5.74) is 0.870. The molecule has 0 radical (unpaired) electrons. The molecule has 0 saturated carbocycles. The van der Waals surface area contributed by atoms with E-state index in [-0.39, 0.29) is 17.7 Å². The van der Waals surface area contributed by atoms with Gasteiger partial charge in [0.05, 0.1) is 18.2 Å². The van der Waals surface area contributed by atoms with Crippen molar-refractivity contribution in [1.82, 2.24) is 20.1 Å². The number of nitrogens with one attached hydrogen (secondary N) is 1. The van der Waals surface area contributed by atoms with Gasteiger partial charge in [0.2, 0.25) is 11.8 Å². The second-order valence-corrected chi connectivity index (χ2v) is 7.14. The Labute approximate surface area is 154 Å². The van der Waals surface area contributed by atoms with Gasteiger partial charge in [-0.2, -0.15) is 0 Å². The molecule has 1 unspecified atom stereocenters. The molecule has 2 saturated heterocycles. The lowest BCUT2D eigenvalue weighted by molar-refractivity contribution is -0.135. The molecule has 2 N–H and O–H groups in total. The van der Waals surface area contributed by atoms with Crippen molar-refractivity contribution in [2.45, 2.75) is 38.3 Å². The summed E-state index contributed by atoms with van der Waals surface area (Å²) in [5.74, 6) is -0.0633. The van der Waals surface area contributed by atoms with Crippen molar-refractivity contribution < 1.29 is 14.7 Å². The van der Waals surface area contributed by atoms with E-state index >= 15 is 0 Å². The minimum atomic E-state index is -0.410. The zero-order chi connectivity index (χ0) is 18.4. The highest BCUT2D eigenvalue weighted by Gasteiger charge is 2.32. The van der Waals surface area contributed by atoms with Gasteiger partial charge in [-0.25, -0.2) is 0 Å². The number of aliphatic hydroxyl groups is 1. The zero-order valence-corrected chi connectivity index (χ0v) is 15.1. The van der Waals surface area contributed by atoms with Crippen LogP contribution in [0.15, 0.2) is 24.4 Å². The molecule has 2 fully saturated rings. The van der Waals surface area contributed by atoms with E-state index in [1.165, 1.54) is 0 Å². The molecule has 0 aliphatic carbocycles. The average molecular weight is 360 g/mol. The molecular weight excluding hydrogens is 332 g/mol. The number of aliphatic hydroxyl groups excluding tert-OH is 1. The van der Waals surface area contributed by atoms with Gasteiger partial charge in [0.15, 0.2) is 0 Å². The number of rotatable bonds is 5. The summed E-state index contributed by atoms with van der Waals surface area (Å²) >= 11 is 0. The largest absolute Gasteiger partial charge is 0.387 e. The van der Waals surface area contributed by atoms with Crippen LogP contribution in [0.25, 0.3) is 0 Å². The zero-order valence-electron chi connectivity index (χ0n) is 15.1. The third kappa shape index (κ3) is 4.80. The second kappa shape index (κ2) is 9.09. The molecule has 26 heavy (non-hydrogen) atoms. The Morgan fingerprint density at radius 1 is 1.19 bits per heavy atom. The van der Waals surface area contributed by atoms with Gasteiger partial charge >= 0.3 is 0 Å². The van der Waals surface area contributed by atoms with E-state index in [0.717, 1.165) is 44.5 Å². The predicted octanol–water partition coefficient (Wildman–Crippen LogP) is 0.393. The lowest BCUT2D eigenvalue weighted by Crippen LogP contribution is -2.51. The summed E-state index contributed by atoms with van der Waals surface area (Å²) in [7, 11) is 0. The molecule has 3 heterocycles. The first kappa shape index (κ1) is 18.8. The van der Waals surface area contributed by atoms with Gasteiger partial charge in [0.25, 0.3) is 0 Å². The number of hydrogen-bond acceptors (Lipinski definition) is 5. The highest BCUT2D eigenvalue weighted by molar-refractivity contribution is 5.79. The molecule has 0 bridgehead atoms.